The van der Waals surface area contributed by atoms with Crippen LogP contribution in [0.3, 0.4) is 0 Å². The fourth-order valence-corrected chi connectivity index (χ4v) is 1.63. The maximum absolute atomic E-state index is 13.3. The molecule has 0 heterocycles. The van der Waals surface area contributed by atoms with Gasteiger partial charge in [-0.15, -0.1) is 0 Å². The minimum Gasteiger partial charge on any atom is -0.468 e. The van der Waals surface area contributed by atoms with E-state index in [0.717, 1.165) is 7.11 Å². The standard InChI is InChI=1S/C11H7BrF5NO3/c1-21-11(20)3(12)2-18-10(19)4-5(13)7(15)9(17)8(16)6(4)14/h3H,2H2,1H3,(H,18,19). The Morgan fingerprint density at radius 3 is 1.90 bits per heavy atom. The molecule has 0 aliphatic rings. The van der Waals surface area contributed by atoms with Crippen LogP contribution in [0.5, 0.6) is 0 Å². The molecule has 116 valence electrons. The van der Waals surface area contributed by atoms with Crippen molar-refractivity contribution in [2.24, 2.45) is 0 Å². The van der Waals surface area contributed by atoms with Crippen molar-refractivity contribution in [1.29, 1.82) is 0 Å². The smallest absolute Gasteiger partial charge is 0.321 e. The number of hydrogen-bond donors (Lipinski definition) is 1. The van der Waals surface area contributed by atoms with Gasteiger partial charge < -0.3 is 10.1 Å². The van der Waals surface area contributed by atoms with Gasteiger partial charge in [-0.2, -0.15) is 0 Å². The van der Waals surface area contributed by atoms with Crippen LogP contribution in [0.1, 0.15) is 10.4 Å². The van der Waals surface area contributed by atoms with Crippen LogP contribution in [0.15, 0.2) is 0 Å². The molecule has 1 aromatic carbocycles. The topological polar surface area (TPSA) is 55.4 Å². The summed E-state index contributed by atoms with van der Waals surface area (Å²) in [7, 11) is 1.06. The van der Waals surface area contributed by atoms with Crippen molar-refractivity contribution in [3.8, 4) is 0 Å². The number of benzene rings is 1. The summed E-state index contributed by atoms with van der Waals surface area (Å²) in [5, 5.41) is 1.85. The second kappa shape index (κ2) is 6.83. The fraction of sp³-hybridized carbons (Fsp3) is 0.273. The number of halogens is 6. The Hall–Kier alpha value is -1.71. The molecule has 4 nitrogen and oxygen atoms in total. The third kappa shape index (κ3) is 3.49. The van der Waals surface area contributed by atoms with Crippen molar-refractivity contribution < 1.29 is 36.3 Å². The van der Waals surface area contributed by atoms with E-state index in [-0.39, 0.29) is 0 Å². The molecule has 0 fully saturated rings. The summed E-state index contributed by atoms with van der Waals surface area (Å²) in [6.07, 6.45) is 0. The average molecular weight is 376 g/mol. The molecule has 0 aliphatic carbocycles. The van der Waals surface area contributed by atoms with Crippen LogP contribution in [-0.4, -0.2) is 30.4 Å². The minimum atomic E-state index is -2.37. The van der Waals surface area contributed by atoms with Crippen LogP contribution < -0.4 is 5.32 Å². The number of methoxy groups -OCH3 is 1. The maximum Gasteiger partial charge on any atom is 0.321 e. The lowest BCUT2D eigenvalue weighted by atomic mass is 10.1. The minimum absolute atomic E-state index is 0.481. The number of hydrogen-bond acceptors (Lipinski definition) is 3. The molecule has 1 unspecified atom stereocenters. The van der Waals surface area contributed by atoms with Crippen LogP contribution in [0.2, 0.25) is 0 Å². The van der Waals surface area contributed by atoms with Crippen molar-refractivity contribution in [2.45, 2.75) is 4.83 Å². The Labute approximate surface area is 123 Å². The molecule has 21 heavy (non-hydrogen) atoms. The molecule has 10 heteroatoms. The number of ether oxygens (including phenoxy) is 1. The van der Waals surface area contributed by atoms with E-state index in [9.17, 15) is 31.5 Å². The summed E-state index contributed by atoms with van der Waals surface area (Å²) in [6.45, 7) is -0.481. The molecular weight excluding hydrogens is 369 g/mol. The van der Waals surface area contributed by atoms with Gasteiger partial charge >= 0.3 is 5.97 Å². The first-order valence-electron chi connectivity index (χ1n) is 5.23. The van der Waals surface area contributed by atoms with Crippen molar-refractivity contribution >= 4 is 27.8 Å². The first kappa shape index (κ1) is 17.3. The SMILES string of the molecule is COC(=O)C(Br)CNC(=O)c1c(F)c(F)c(F)c(F)c1F. The van der Waals surface area contributed by atoms with E-state index in [1.54, 1.807) is 0 Å². The normalized spacial score (nSPS) is 12.0. The zero-order chi connectivity index (χ0) is 16.3. The molecule has 1 aromatic rings. The summed E-state index contributed by atoms with van der Waals surface area (Å²) in [4.78, 5) is 21.5. The van der Waals surface area contributed by atoms with Gasteiger partial charge in [-0.25, -0.2) is 22.0 Å². The third-order valence-corrected chi connectivity index (χ3v) is 3.03. The van der Waals surface area contributed by atoms with Gasteiger partial charge in [0, 0.05) is 6.54 Å². The quantitative estimate of drug-likeness (QED) is 0.288. The van der Waals surface area contributed by atoms with Crippen LogP contribution in [0, 0.1) is 29.1 Å². The van der Waals surface area contributed by atoms with Gasteiger partial charge in [-0.3, -0.25) is 9.59 Å². The second-order valence-electron chi connectivity index (χ2n) is 3.65. The number of carbonyl (C=O) groups excluding carboxylic acids is 2. The van der Waals surface area contributed by atoms with Crippen molar-refractivity contribution in [3.05, 3.63) is 34.6 Å². The van der Waals surface area contributed by atoms with Gasteiger partial charge in [0.1, 0.15) is 10.4 Å². The molecule has 0 radical (unpaired) electrons. The number of nitrogens with one attached hydrogen (secondary N) is 1. The van der Waals surface area contributed by atoms with E-state index >= 15 is 0 Å². The lowest BCUT2D eigenvalue weighted by Gasteiger charge is -2.11. The van der Waals surface area contributed by atoms with Gasteiger partial charge in [0.25, 0.3) is 5.91 Å². The lowest BCUT2D eigenvalue weighted by molar-refractivity contribution is -0.139. The zero-order valence-corrected chi connectivity index (χ0v) is 11.9. The molecule has 0 bridgehead atoms. The average Bonchev–Trinajstić information content (AvgIpc) is 2.47. The summed E-state index contributed by atoms with van der Waals surface area (Å²) in [6, 6.07) is 0. The van der Waals surface area contributed by atoms with Crippen LogP contribution in [0.25, 0.3) is 0 Å². The maximum atomic E-state index is 13.3. The predicted octanol–water partition coefficient (Wildman–Crippen LogP) is 2.05. The summed E-state index contributed by atoms with van der Waals surface area (Å²) >= 11 is 2.80. The summed E-state index contributed by atoms with van der Waals surface area (Å²) in [5.41, 5.74) is -1.63. The summed E-state index contributed by atoms with van der Waals surface area (Å²) in [5.74, 6) is -13.7. The Morgan fingerprint density at radius 2 is 1.48 bits per heavy atom. The van der Waals surface area contributed by atoms with E-state index in [1.807, 2.05) is 5.32 Å². The van der Waals surface area contributed by atoms with Gasteiger partial charge in [0.05, 0.1) is 7.11 Å². The van der Waals surface area contributed by atoms with Gasteiger partial charge in [-0.1, -0.05) is 15.9 Å². The van der Waals surface area contributed by atoms with Crippen LogP contribution in [-0.2, 0) is 9.53 Å². The molecule has 0 aromatic heterocycles. The van der Waals surface area contributed by atoms with Crippen molar-refractivity contribution in [1.82, 2.24) is 5.32 Å². The van der Waals surface area contributed by atoms with Gasteiger partial charge in [0.2, 0.25) is 5.82 Å². The van der Waals surface area contributed by atoms with E-state index < -0.39 is 57.9 Å². The number of rotatable bonds is 4. The first-order valence-corrected chi connectivity index (χ1v) is 6.15. The third-order valence-electron chi connectivity index (χ3n) is 2.34. The van der Waals surface area contributed by atoms with Gasteiger partial charge in [-0.05, 0) is 0 Å². The number of esters is 1. The fourth-order valence-electron chi connectivity index (χ4n) is 1.29. The molecule has 0 saturated carbocycles. The molecule has 1 rings (SSSR count). The number of carbonyl (C=O) groups is 2. The second-order valence-corrected chi connectivity index (χ2v) is 4.75. The largest absolute Gasteiger partial charge is 0.468 e. The van der Waals surface area contributed by atoms with Crippen molar-refractivity contribution in [2.75, 3.05) is 13.7 Å². The molecule has 1 atom stereocenters. The molecule has 1 amide bonds. The van der Waals surface area contributed by atoms with Crippen LogP contribution >= 0.6 is 15.9 Å². The lowest BCUT2D eigenvalue weighted by Crippen LogP contribution is -2.35. The predicted molar refractivity (Wildman–Crippen MR) is 63.3 cm³/mol. The molecular formula is C11H7BrF5NO3. The summed E-state index contributed by atoms with van der Waals surface area (Å²) < 4.78 is 69.6. The molecule has 0 aliphatic heterocycles. The first-order chi connectivity index (χ1) is 9.72. The highest BCUT2D eigenvalue weighted by molar-refractivity contribution is 9.10. The van der Waals surface area contributed by atoms with E-state index in [4.69, 9.17) is 0 Å². The van der Waals surface area contributed by atoms with E-state index in [0.29, 0.717) is 0 Å². The highest BCUT2D eigenvalue weighted by Crippen LogP contribution is 2.22. The van der Waals surface area contributed by atoms with E-state index in [1.165, 1.54) is 0 Å². The molecule has 0 saturated heterocycles. The van der Waals surface area contributed by atoms with Crippen molar-refractivity contribution in [3.63, 3.8) is 0 Å². The van der Waals surface area contributed by atoms with Gasteiger partial charge in [0.15, 0.2) is 23.3 Å². The number of amides is 1. The zero-order valence-electron chi connectivity index (χ0n) is 10.3. The Balaban J connectivity index is 3.02. The monoisotopic (exact) mass is 375 g/mol. The Morgan fingerprint density at radius 1 is 1.05 bits per heavy atom. The Kier molecular flexibility index (Phi) is 5.64. The van der Waals surface area contributed by atoms with E-state index in [2.05, 4.69) is 20.7 Å². The van der Waals surface area contributed by atoms with Crippen LogP contribution in [0.4, 0.5) is 22.0 Å². The number of alkyl halides is 1. The molecule has 0 spiro atoms. The highest BCUT2D eigenvalue weighted by Gasteiger charge is 2.30. The molecule has 1 N–H and O–H groups in total. The highest BCUT2D eigenvalue weighted by atomic mass is 79.9. The Bertz CT molecular complexity index is 567.